The van der Waals surface area contributed by atoms with Crippen molar-refractivity contribution in [1.82, 2.24) is 25.1 Å². The number of aromatic nitrogens is 4. The number of rotatable bonds is 7. The van der Waals surface area contributed by atoms with Gasteiger partial charge in [-0.05, 0) is 62.1 Å². The summed E-state index contributed by atoms with van der Waals surface area (Å²) in [7, 11) is 0. The Hall–Kier alpha value is -3.06. The Bertz CT molecular complexity index is 1150. The summed E-state index contributed by atoms with van der Waals surface area (Å²) in [4.78, 5) is 13.8. The molecule has 7 nitrogen and oxygen atoms in total. The normalized spacial score (nSPS) is 23.2. The van der Waals surface area contributed by atoms with Crippen molar-refractivity contribution in [1.29, 1.82) is 0 Å². The molecule has 190 valence electrons. The molecule has 0 amide bonds. The third-order valence-electron chi connectivity index (χ3n) is 7.95. The molecule has 3 unspecified atom stereocenters. The van der Waals surface area contributed by atoms with Gasteiger partial charge in [-0.15, -0.1) is 10.2 Å². The monoisotopic (exact) mass is 486 g/mol. The van der Waals surface area contributed by atoms with Crippen molar-refractivity contribution < 1.29 is 4.42 Å². The quantitative estimate of drug-likeness (QED) is 0.433. The number of hydrogen-bond donors (Lipinski definition) is 0. The van der Waals surface area contributed by atoms with Crippen molar-refractivity contribution in [3.8, 4) is 11.5 Å². The number of nitrogens with zero attached hydrogens (tertiary/aromatic N) is 6. The second kappa shape index (κ2) is 10.9. The fraction of sp³-hybridized carbons (Fsp3) is 0.517. The number of aryl methyl sites for hydroxylation is 1. The van der Waals surface area contributed by atoms with Crippen molar-refractivity contribution in [3.63, 3.8) is 0 Å². The highest BCUT2D eigenvalue weighted by atomic mass is 16.4. The zero-order valence-electron chi connectivity index (χ0n) is 22.0. The van der Waals surface area contributed by atoms with E-state index in [2.05, 4.69) is 75.9 Å². The summed E-state index contributed by atoms with van der Waals surface area (Å²) >= 11 is 0. The zero-order valence-corrected chi connectivity index (χ0v) is 22.0. The maximum absolute atomic E-state index is 6.08. The number of anilines is 1. The van der Waals surface area contributed by atoms with Gasteiger partial charge in [-0.3, -0.25) is 4.90 Å². The highest BCUT2D eigenvalue weighted by molar-refractivity contribution is 5.52. The minimum atomic E-state index is 0.451. The van der Waals surface area contributed by atoms with E-state index in [-0.39, 0.29) is 0 Å². The highest BCUT2D eigenvalue weighted by Gasteiger charge is 2.34. The van der Waals surface area contributed by atoms with Crippen molar-refractivity contribution in [2.24, 2.45) is 23.7 Å². The van der Waals surface area contributed by atoms with Gasteiger partial charge in [-0.25, -0.2) is 9.97 Å². The Balaban J connectivity index is 1.22. The Morgan fingerprint density at radius 3 is 2.39 bits per heavy atom. The molecular weight excluding hydrogens is 448 g/mol. The van der Waals surface area contributed by atoms with Crippen LogP contribution in [0, 0.1) is 30.6 Å². The molecule has 2 aromatic heterocycles. The van der Waals surface area contributed by atoms with Crippen LogP contribution in [0.1, 0.15) is 38.6 Å². The minimum Gasteiger partial charge on any atom is -0.421 e. The maximum Gasteiger partial charge on any atom is 0.247 e. The molecule has 0 spiro atoms. The van der Waals surface area contributed by atoms with Crippen molar-refractivity contribution in [2.45, 2.75) is 40.5 Å². The van der Waals surface area contributed by atoms with E-state index in [0.717, 1.165) is 56.5 Å². The van der Waals surface area contributed by atoms with E-state index >= 15 is 0 Å². The summed E-state index contributed by atoms with van der Waals surface area (Å²) in [5.74, 6) is 4.50. The topological polar surface area (TPSA) is 71.2 Å². The zero-order chi connectivity index (χ0) is 25.1. The van der Waals surface area contributed by atoms with E-state index in [9.17, 15) is 0 Å². The van der Waals surface area contributed by atoms with Gasteiger partial charge < -0.3 is 9.32 Å². The lowest BCUT2D eigenvalue weighted by Gasteiger charge is -2.41. The third-order valence-corrected chi connectivity index (χ3v) is 7.95. The van der Waals surface area contributed by atoms with E-state index < -0.39 is 0 Å². The summed E-state index contributed by atoms with van der Waals surface area (Å²) < 4.78 is 6.08. The number of benzene rings is 1. The average molecular weight is 487 g/mol. The lowest BCUT2D eigenvalue weighted by Crippen LogP contribution is -2.49. The van der Waals surface area contributed by atoms with E-state index in [1.165, 1.54) is 17.6 Å². The molecule has 0 radical (unpaired) electrons. The molecule has 0 N–H and O–H groups in total. The van der Waals surface area contributed by atoms with Gasteiger partial charge in [0.05, 0.1) is 0 Å². The van der Waals surface area contributed by atoms with Crippen LogP contribution >= 0.6 is 0 Å². The molecule has 1 fully saturated rings. The van der Waals surface area contributed by atoms with Crippen LogP contribution in [0.5, 0.6) is 0 Å². The molecule has 7 heteroatoms. The van der Waals surface area contributed by atoms with E-state index in [4.69, 9.17) is 4.42 Å². The van der Waals surface area contributed by atoms with E-state index in [1.807, 2.05) is 30.6 Å². The average Bonchev–Trinajstić information content (AvgIpc) is 3.35. The molecule has 2 aliphatic rings. The molecule has 1 aromatic carbocycles. The second-order valence-electron chi connectivity index (χ2n) is 10.8. The molecular formula is C29H38N6O. The van der Waals surface area contributed by atoms with Gasteiger partial charge in [-0.1, -0.05) is 43.2 Å². The van der Waals surface area contributed by atoms with Gasteiger partial charge in [0.15, 0.2) is 0 Å². The van der Waals surface area contributed by atoms with Crippen molar-refractivity contribution in [3.05, 3.63) is 65.8 Å². The fourth-order valence-electron chi connectivity index (χ4n) is 5.73. The molecule has 1 aliphatic heterocycles. The summed E-state index contributed by atoms with van der Waals surface area (Å²) in [6.45, 7) is 14.3. The summed E-state index contributed by atoms with van der Waals surface area (Å²) in [5, 5.41) is 8.72. The lowest BCUT2D eigenvalue weighted by atomic mass is 9.69. The first-order valence-electron chi connectivity index (χ1n) is 13.3. The van der Waals surface area contributed by atoms with Crippen LogP contribution < -0.4 is 4.90 Å². The van der Waals surface area contributed by atoms with Crippen LogP contribution in [-0.2, 0) is 6.42 Å². The third kappa shape index (κ3) is 5.67. The van der Waals surface area contributed by atoms with Gasteiger partial charge >= 0.3 is 0 Å². The van der Waals surface area contributed by atoms with Crippen LogP contribution in [0.15, 0.2) is 58.8 Å². The lowest BCUT2D eigenvalue weighted by molar-refractivity contribution is 0.154. The standard InChI is InChI=1S/C29H38N6O/c1-20(2)26-17-24(18-27-32-33-28(36-27)23-8-6-21(3)7-9-23)22(4)16-25(26)19-34-12-14-35(15-13-34)29-30-10-5-11-31-29/h5-11,16,20,24-26H,12-15,17-19H2,1-4H3. The van der Waals surface area contributed by atoms with E-state index in [1.54, 1.807) is 0 Å². The Morgan fingerprint density at radius 2 is 1.69 bits per heavy atom. The van der Waals surface area contributed by atoms with Gasteiger partial charge in [0.1, 0.15) is 0 Å². The van der Waals surface area contributed by atoms with Gasteiger partial charge in [0, 0.05) is 57.1 Å². The smallest absolute Gasteiger partial charge is 0.247 e. The molecule has 3 atom stereocenters. The second-order valence-corrected chi connectivity index (χ2v) is 10.8. The molecule has 0 saturated carbocycles. The number of piperazine rings is 1. The molecule has 36 heavy (non-hydrogen) atoms. The van der Waals surface area contributed by atoms with Gasteiger partial charge in [-0.2, -0.15) is 0 Å². The Labute approximate surface area is 214 Å². The molecule has 0 bridgehead atoms. The predicted octanol–water partition coefficient (Wildman–Crippen LogP) is 5.05. The first kappa shape index (κ1) is 24.6. The first-order chi connectivity index (χ1) is 17.5. The van der Waals surface area contributed by atoms with Crippen LogP contribution in [0.2, 0.25) is 0 Å². The molecule has 3 aromatic rings. The maximum atomic E-state index is 6.08. The Morgan fingerprint density at radius 1 is 0.972 bits per heavy atom. The minimum absolute atomic E-state index is 0.451. The molecule has 1 aliphatic carbocycles. The fourth-order valence-corrected chi connectivity index (χ4v) is 5.73. The molecule has 3 heterocycles. The first-order valence-corrected chi connectivity index (χ1v) is 13.3. The molecule has 5 rings (SSSR count). The number of hydrogen-bond acceptors (Lipinski definition) is 7. The Kier molecular flexibility index (Phi) is 7.46. The summed E-state index contributed by atoms with van der Waals surface area (Å²) in [6, 6.07) is 10.1. The van der Waals surface area contributed by atoms with Gasteiger partial charge in [0.2, 0.25) is 17.7 Å². The van der Waals surface area contributed by atoms with Crippen LogP contribution in [0.4, 0.5) is 5.95 Å². The summed E-state index contributed by atoms with van der Waals surface area (Å²) in [5.41, 5.74) is 3.67. The molecule has 1 saturated heterocycles. The number of allylic oxidation sites excluding steroid dienone is 1. The summed E-state index contributed by atoms with van der Waals surface area (Å²) in [6.07, 6.45) is 8.18. The van der Waals surface area contributed by atoms with Crippen LogP contribution in [-0.4, -0.2) is 57.8 Å². The largest absolute Gasteiger partial charge is 0.421 e. The van der Waals surface area contributed by atoms with Crippen molar-refractivity contribution in [2.75, 3.05) is 37.6 Å². The van der Waals surface area contributed by atoms with Crippen molar-refractivity contribution >= 4 is 5.95 Å². The van der Waals surface area contributed by atoms with Gasteiger partial charge in [0.25, 0.3) is 0 Å². The van der Waals surface area contributed by atoms with Crippen LogP contribution in [0.25, 0.3) is 11.5 Å². The SMILES string of the molecule is CC1=CC(CN2CCN(c3ncccn3)CC2)C(C(C)C)CC1Cc1nnc(-c2ccc(C)cc2)o1. The van der Waals surface area contributed by atoms with E-state index in [0.29, 0.717) is 29.6 Å². The van der Waals surface area contributed by atoms with Crippen LogP contribution in [0.3, 0.4) is 0 Å². The highest BCUT2D eigenvalue weighted by Crippen LogP contribution is 2.39. The predicted molar refractivity (Wildman–Crippen MR) is 143 cm³/mol.